The molecule has 4 bridgehead atoms. The minimum absolute atomic E-state index is 0.459. The smallest absolute Gasteiger partial charge is 0.0951 e. The molecule has 3 nitrogen and oxygen atoms in total. The van der Waals surface area contributed by atoms with Gasteiger partial charge >= 0.3 is 0 Å². The zero-order valence-corrected chi connectivity index (χ0v) is 12.8. The fourth-order valence-electron chi connectivity index (χ4n) is 5.54. The van der Waals surface area contributed by atoms with Crippen LogP contribution in [0.25, 0.3) is 0 Å². The Balaban J connectivity index is 1.48. The molecule has 110 valence electrons. The largest absolute Gasteiger partial charge is 0.331 e. The lowest BCUT2D eigenvalue weighted by atomic mass is 9.53. The molecule has 0 unspecified atom stereocenters. The fraction of sp³-hybridized carbons (Fsp3) is 0.824. The van der Waals surface area contributed by atoms with E-state index < -0.39 is 0 Å². The monoisotopic (exact) mass is 273 g/mol. The van der Waals surface area contributed by atoms with Crippen LogP contribution in [0.4, 0.5) is 0 Å². The van der Waals surface area contributed by atoms with E-state index in [0.29, 0.717) is 11.6 Å². The summed E-state index contributed by atoms with van der Waals surface area (Å²) in [5.74, 6) is 3.05. The van der Waals surface area contributed by atoms with Gasteiger partial charge in [0, 0.05) is 24.3 Å². The summed E-state index contributed by atoms with van der Waals surface area (Å²) in [7, 11) is 0. The van der Waals surface area contributed by atoms with Crippen LogP contribution in [0.2, 0.25) is 0 Å². The van der Waals surface area contributed by atoms with E-state index in [9.17, 15) is 0 Å². The van der Waals surface area contributed by atoms with Gasteiger partial charge in [-0.1, -0.05) is 0 Å². The quantitative estimate of drug-likeness (QED) is 0.909. The van der Waals surface area contributed by atoms with Gasteiger partial charge < -0.3 is 9.88 Å². The third kappa shape index (κ3) is 2.11. The van der Waals surface area contributed by atoms with E-state index in [4.69, 9.17) is 0 Å². The van der Waals surface area contributed by atoms with Crippen molar-refractivity contribution >= 4 is 0 Å². The lowest BCUT2D eigenvalue weighted by molar-refractivity contribution is -0.0208. The van der Waals surface area contributed by atoms with Crippen molar-refractivity contribution in [3.8, 4) is 0 Å². The molecule has 4 saturated carbocycles. The van der Waals surface area contributed by atoms with Crippen LogP contribution in [0.5, 0.6) is 0 Å². The van der Waals surface area contributed by atoms with E-state index in [1.807, 2.05) is 12.5 Å². The number of hydrogen-bond acceptors (Lipinski definition) is 2. The van der Waals surface area contributed by atoms with Gasteiger partial charge in [0.2, 0.25) is 0 Å². The number of nitrogens with zero attached hydrogens (tertiary/aromatic N) is 2. The normalized spacial score (nSPS) is 38.9. The van der Waals surface area contributed by atoms with Crippen molar-refractivity contribution in [2.24, 2.45) is 17.8 Å². The highest BCUT2D eigenvalue weighted by atomic mass is 15.1. The molecule has 4 aliphatic rings. The van der Waals surface area contributed by atoms with E-state index in [0.717, 1.165) is 24.3 Å². The first-order valence-corrected chi connectivity index (χ1v) is 8.39. The molecule has 0 aromatic carbocycles. The predicted octanol–water partition coefficient (Wildman–Crippen LogP) is 3.52. The minimum atomic E-state index is 0.459. The number of hydrogen-bond donors (Lipinski definition) is 1. The first kappa shape index (κ1) is 12.9. The summed E-state index contributed by atoms with van der Waals surface area (Å²) in [4.78, 5) is 4.33. The lowest BCUT2D eigenvalue weighted by Gasteiger charge is -2.57. The first-order valence-electron chi connectivity index (χ1n) is 8.39. The molecule has 4 fully saturated rings. The second-order valence-electron chi connectivity index (χ2n) is 7.94. The van der Waals surface area contributed by atoms with Crippen molar-refractivity contribution in [1.29, 1.82) is 0 Å². The lowest BCUT2D eigenvalue weighted by Crippen LogP contribution is -2.58. The third-order valence-corrected chi connectivity index (χ3v) is 5.99. The van der Waals surface area contributed by atoms with Gasteiger partial charge in [0.1, 0.15) is 0 Å². The minimum Gasteiger partial charge on any atom is -0.331 e. The number of nitrogens with one attached hydrogen (secondary N) is 1. The molecule has 4 aliphatic carbocycles. The zero-order valence-electron chi connectivity index (χ0n) is 12.8. The first-order chi connectivity index (χ1) is 9.63. The summed E-state index contributed by atoms with van der Waals surface area (Å²) in [6.45, 7) is 5.45. The predicted molar refractivity (Wildman–Crippen MR) is 80.4 cm³/mol. The molecule has 1 N–H and O–H groups in total. The van der Waals surface area contributed by atoms with Crippen molar-refractivity contribution in [3.05, 3.63) is 18.2 Å². The van der Waals surface area contributed by atoms with E-state index in [1.165, 1.54) is 44.2 Å². The second-order valence-corrected chi connectivity index (χ2v) is 7.94. The van der Waals surface area contributed by atoms with Gasteiger partial charge in [-0.25, -0.2) is 4.98 Å². The van der Waals surface area contributed by atoms with Crippen molar-refractivity contribution in [3.63, 3.8) is 0 Å². The molecule has 3 heteroatoms. The van der Waals surface area contributed by atoms with Gasteiger partial charge in [-0.05, 0) is 70.1 Å². The molecule has 1 aromatic heterocycles. The molecule has 1 aromatic rings. The van der Waals surface area contributed by atoms with Crippen molar-refractivity contribution in [2.75, 3.05) is 0 Å². The summed E-state index contributed by atoms with van der Waals surface area (Å²) in [6.07, 6.45) is 12.8. The van der Waals surface area contributed by atoms with Gasteiger partial charge in [0.05, 0.1) is 12.0 Å². The van der Waals surface area contributed by atoms with E-state index in [1.54, 1.807) is 0 Å². The maximum atomic E-state index is 4.33. The average Bonchev–Trinajstić information content (AvgIpc) is 2.83. The van der Waals surface area contributed by atoms with Crippen LogP contribution >= 0.6 is 0 Å². The highest BCUT2D eigenvalue weighted by Crippen LogP contribution is 2.55. The number of aromatic nitrogens is 2. The Bertz CT molecular complexity index is 453. The summed E-state index contributed by atoms with van der Waals surface area (Å²) in [5, 5.41) is 3.96. The zero-order chi connectivity index (χ0) is 13.7. The van der Waals surface area contributed by atoms with Crippen LogP contribution in [0, 0.1) is 17.8 Å². The topological polar surface area (TPSA) is 29.9 Å². The van der Waals surface area contributed by atoms with Crippen molar-refractivity contribution in [1.82, 2.24) is 14.9 Å². The van der Waals surface area contributed by atoms with Crippen LogP contribution in [-0.4, -0.2) is 15.1 Å². The molecule has 5 rings (SSSR count). The molecule has 0 atom stereocenters. The Labute approximate surface area is 122 Å². The third-order valence-electron chi connectivity index (χ3n) is 5.99. The molecule has 1 heterocycles. The van der Waals surface area contributed by atoms with Gasteiger partial charge in [0.15, 0.2) is 0 Å². The Kier molecular flexibility index (Phi) is 2.95. The molecule has 0 spiro atoms. The van der Waals surface area contributed by atoms with Crippen molar-refractivity contribution in [2.45, 2.75) is 70.5 Å². The average molecular weight is 273 g/mol. The van der Waals surface area contributed by atoms with Gasteiger partial charge in [-0.3, -0.25) is 0 Å². The summed E-state index contributed by atoms with van der Waals surface area (Å²) in [5.41, 5.74) is 1.80. The SMILES string of the molecule is CC(C)n1cncc1CNC12CC3CC(CC(C3)C1)C2. The summed E-state index contributed by atoms with van der Waals surface area (Å²) >= 11 is 0. The van der Waals surface area contributed by atoms with Crippen LogP contribution in [-0.2, 0) is 6.54 Å². The molecule has 0 radical (unpaired) electrons. The van der Waals surface area contributed by atoms with E-state index in [2.05, 4.69) is 28.7 Å². The van der Waals surface area contributed by atoms with Crippen LogP contribution in [0.15, 0.2) is 12.5 Å². The van der Waals surface area contributed by atoms with Crippen LogP contribution in [0.1, 0.15) is 64.1 Å². The number of imidazole rings is 1. The Morgan fingerprint density at radius 2 is 1.80 bits per heavy atom. The fourth-order valence-corrected chi connectivity index (χ4v) is 5.54. The molecular formula is C17H27N3. The van der Waals surface area contributed by atoms with E-state index in [-0.39, 0.29) is 0 Å². The molecular weight excluding hydrogens is 246 g/mol. The molecule has 0 amide bonds. The molecule has 0 aliphatic heterocycles. The molecule has 0 saturated heterocycles. The van der Waals surface area contributed by atoms with Gasteiger partial charge in [0.25, 0.3) is 0 Å². The Morgan fingerprint density at radius 1 is 1.20 bits per heavy atom. The Morgan fingerprint density at radius 3 is 2.35 bits per heavy atom. The van der Waals surface area contributed by atoms with Gasteiger partial charge in [-0.2, -0.15) is 0 Å². The maximum absolute atomic E-state index is 4.33. The number of rotatable bonds is 4. The highest BCUT2D eigenvalue weighted by molar-refractivity contribution is 5.08. The van der Waals surface area contributed by atoms with Crippen LogP contribution < -0.4 is 5.32 Å². The summed E-state index contributed by atoms with van der Waals surface area (Å²) < 4.78 is 2.30. The standard InChI is InChI=1S/C17H27N3/c1-12(2)20-11-18-9-16(20)10-19-17-6-13-3-14(7-17)5-15(4-13)8-17/h9,11-15,19H,3-8,10H2,1-2H3. The maximum Gasteiger partial charge on any atom is 0.0951 e. The van der Waals surface area contributed by atoms with E-state index >= 15 is 0 Å². The highest BCUT2D eigenvalue weighted by Gasteiger charge is 2.50. The Hall–Kier alpha value is -0.830. The summed E-state index contributed by atoms with van der Waals surface area (Å²) in [6, 6.07) is 0.505. The molecule has 20 heavy (non-hydrogen) atoms. The van der Waals surface area contributed by atoms with Crippen LogP contribution in [0.3, 0.4) is 0 Å². The second kappa shape index (κ2) is 4.59. The van der Waals surface area contributed by atoms with Crippen molar-refractivity contribution < 1.29 is 0 Å². The van der Waals surface area contributed by atoms with Gasteiger partial charge in [-0.15, -0.1) is 0 Å².